The Morgan fingerprint density at radius 2 is 1.75 bits per heavy atom. The summed E-state index contributed by atoms with van der Waals surface area (Å²) in [5.74, 6) is 0. The molecule has 5 heteroatoms. The number of fused-ring (bicyclic) bond motifs is 1. The second-order valence-electron chi connectivity index (χ2n) is 4.70. The molecule has 2 aliphatic rings. The molecule has 2 aliphatic carbocycles. The van der Waals surface area contributed by atoms with E-state index >= 15 is 0 Å². The van der Waals surface area contributed by atoms with Gasteiger partial charge in [0.15, 0.2) is 0 Å². The quantitative estimate of drug-likeness (QED) is 0.507. The predicted octanol–water partition coefficient (Wildman–Crippen LogP) is 0.887. The number of unbranched alkanes of at least 4 members (excludes halogenated alkanes) is 2. The molecular weight excluding hydrogens is 283 g/mol. The molecule has 0 spiro atoms. The van der Waals surface area contributed by atoms with Crippen LogP contribution in [-0.4, -0.2) is 13.0 Å². The van der Waals surface area contributed by atoms with Gasteiger partial charge in [-0.25, -0.2) is 0 Å². The first kappa shape index (κ1) is 17.7. The third-order valence-electron chi connectivity index (χ3n) is 3.28. The maximum Gasteiger partial charge on any atom is 1.00 e. The molecule has 104 valence electrons. The maximum atomic E-state index is 11.4. The second kappa shape index (κ2) is 7.57. The number of hydrogen-bond acceptors (Lipinski definition) is 2. The van der Waals surface area contributed by atoms with E-state index in [1.54, 1.807) is 18.2 Å². The van der Waals surface area contributed by atoms with Crippen molar-refractivity contribution >= 4 is 10.1 Å². The minimum Gasteiger partial charge on any atom is -1.00 e. The van der Waals surface area contributed by atoms with Gasteiger partial charge >= 0.3 is 29.6 Å². The van der Waals surface area contributed by atoms with Crippen LogP contribution in [0.2, 0.25) is 0 Å². The topological polar surface area (TPSA) is 54.4 Å². The van der Waals surface area contributed by atoms with Gasteiger partial charge in [-0.2, -0.15) is 8.42 Å². The van der Waals surface area contributed by atoms with E-state index in [1.807, 2.05) is 18.2 Å². The van der Waals surface area contributed by atoms with E-state index in [9.17, 15) is 13.0 Å². The summed E-state index contributed by atoms with van der Waals surface area (Å²) in [6, 6.07) is 10.8. The van der Waals surface area contributed by atoms with Gasteiger partial charge in [0.25, 0.3) is 10.1 Å². The van der Waals surface area contributed by atoms with Gasteiger partial charge in [0.05, 0.1) is 0 Å². The van der Waals surface area contributed by atoms with Crippen molar-refractivity contribution in [1.29, 1.82) is 0 Å². The van der Waals surface area contributed by atoms with Crippen LogP contribution >= 0.6 is 0 Å². The first-order valence-corrected chi connectivity index (χ1v) is 7.96. The van der Waals surface area contributed by atoms with Crippen LogP contribution in [0, 0.1) is 0 Å². The smallest absolute Gasteiger partial charge is 1.00 e. The molecule has 20 heavy (non-hydrogen) atoms. The average molecular weight is 302 g/mol. The van der Waals surface area contributed by atoms with E-state index in [2.05, 4.69) is 6.92 Å². The first-order valence-electron chi connectivity index (χ1n) is 6.52. The molecule has 0 amide bonds. The molecule has 0 heterocycles. The van der Waals surface area contributed by atoms with Crippen LogP contribution in [0.4, 0.5) is 0 Å². The zero-order valence-electron chi connectivity index (χ0n) is 13.0. The van der Waals surface area contributed by atoms with Gasteiger partial charge in [0.1, 0.15) is 4.90 Å². The summed E-state index contributed by atoms with van der Waals surface area (Å²) in [5.41, 5.74) is 2.50. The summed E-state index contributed by atoms with van der Waals surface area (Å²) in [5, 5.41) is 0. The Kier molecular flexibility index (Phi) is 6.69. The first-order chi connectivity index (χ1) is 9.04. The van der Waals surface area contributed by atoms with Gasteiger partial charge in [-0.3, -0.25) is 4.55 Å². The van der Waals surface area contributed by atoms with Gasteiger partial charge < -0.3 is 1.43 Å². The number of rotatable bonds is 5. The molecule has 0 fully saturated rings. The van der Waals surface area contributed by atoms with Gasteiger partial charge in [0.2, 0.25) is 0 Å². The third kappa shape index (κ3) is 4.06. The van der Waals surface area contributed by atoms with Crippen LogP contribution in [0.15, 0.2) is 41.3 Å². The zero-order chi connectivity index (χ0) is 13.9. The van der Waals surface area contributed by atoms with E-state index in [0.717, 1.165) is 36.8 Å². The molecule has 1 N–H and O–H groups in total. The Morgan fingerprint density at radius 3 is 2.35 bits per heavy atom. The Hall–Kier alpha value is -0.390. The van der Waals surface area contributed by atoms with Gasteiger partial charge in [-0.05, 0) is 30.0 Å². The molecule has 0 aromatic heterocycles. The summed E-state index contributed by atoms with van der Waals surface area (Å²) < 4.78 is 32.2. The van der Waals surface area contributed by atoms with E-state index in [4.69, 9.17) is 0 Å². The molecule has 0 aromatic carbocycles. The predicted molar refractivity (Wildman–Crippen MR) is 77.2 cm³/mol. The summed E-state index contributed by atoms with van der Waals surface area (Å²) in [4.78, 5) is 0.0187. The fourth-order valence-electron chi connectivity index (χ4n) is 2.34. The van der Waals surface area contributed by atoms with Crippen molar-refractivity contribution < 1.29 is 44.0 Å². The summed E-state index contributed by atoms with van der Waals surface area (Å²) in [6.07, 6.45) is 4.10. The molecule has 0 unspecified atom stereocenters. The molecule has 2 rings (SSSR count). The molecule has 0 aliphatic heterocycles. The average Bonchev–Trinajstić information content (AvgIpc) is 2.54. The fraction of sp³-hybridized carbons (Fsp3) is 0.333. The number of aryl methyl sites for hydroxylation is 1. The monoisotopic (exact) mass is 302 g/mol. The third-order valence-corrected chi connectivity index (χ3v) is 4.18. The van der Waals surface area contributed by atoms with Crippen LogP contribution in [0.1, 0.15) is 33.2 Å². The molecule has 0 bridgehead atoms. The van der Waals surface area contributed by atoms with E-state index < -0.39 is 10.1 Å². The SMILES string of the molecule is CCCCCc1cc(S(=O)(=O)O)c2cccccc1-2.[H-].[Na+]. The van der Waals surface area contributed by atoms with Crippen molar-refractivity contribution in [3.8, 4) is 11.1 Å². The largest absolute Gasteiger partial charge is 1.00 e. The normalized spacial score (nSPS) is 11.3. The number of hydrogen-bond donors (Lipinski definition) is 1. The Bertz CT molecular complexity index is 643. The van der Waals surface area contributed by atoms with Crippen molar-refractivity contribution in [3.05, 3.63) is 42.0 Å². The van der Waals surface area contributed by atoms with Crippen LogP contribution in [0.25, 0.3) is 11.1 Å². The zero-order valence-corrected chi connectivity index (χ0v) is 14.8. The molecular formula is C15H19NaO3S. The summed E-state index contributed by atoms with van der Waals surface area (Å²) in [6.45, 7) is 2.13. The van der Waals surface area contributed by atoms with Gasteiger partial charge in [0, 0.05) is 5.56 Å². The molecule has 0 atom stereocenters. The van der Waals surface area contributed by atoms with Gasteiger partial charge in [-0.15, -0.1) is 0 Å². The molecule has 3 nitrogen and oxygen atoms in total. The van der Waals surface area contributed by atoms with E-state index in [0.29, 0.717) is 5.56 Å². The van der Waals surface area contributed by atoms with Crippen molar-refractivity contribution in [2.45, 2.75) is 37.5 Å². The van der Waals surface area contributed by atoms with Crippen molar-refractivity contribution in [1.82, 2.24) is 0 Å². The molecule has 0 aromatic rings. The van der Waals surface area contributed by atoms with Crippen molar-refractivity contribution in [3.63, 3.8) is 0 Å². The second-order valence-corrected chi connectivity index (χ2v) is 6.09. The maximum absolute atomic E-state index is 11.4. The summed E-state index contributed by atoms with van der Waals surface area (Å²) in [7, 11) is -4.17. The fourth-order valence-corrected chi connectivity index (χ4v) is 3.09. The Morgan fingerprint density at radius 1 is 1.10 bits per heavy atom. The Labute approximate surface area is 144 Å². The minimum atomic E-state index is -4.17. The van der Waals surface area contributed by atoms with Crippen molar-refractivity contribution in [2.24, 2.45) is 0 Å². The standard InChI is InChI=1S/C15H18O3S.Na.H/c1-2-3-5-8-12-11-15(19(16,17)18)14-10-7-4-6-9-13(12)14;;/h4,6-7,9-11H,2-3,5,8H2,1H3,(H,16,17,18);;/q;+1;-1. The minimum absolute atomic E-state index is 0. The van der Waals surface area contributed by atoms with E-state index in [1.165, 1.54) is 0 Å². The van der Waals surface area contributed by atoms with E-state index in [-0.39, 0.29) is 35.9 Å². The molecule has 0 saturated heterocycles. The van der Waals surface area contributed by atoms with Crippen LogP contribution in [0.5, 0.6) is 0 Å². The van der Waals surface area contributed by atoms with Crippen LogP contribution < -0.4 is 29.6 Å². The van der Waals surface area contributed by atoms with Crippen molar-refractivity contribution in [2.75, 3.05) is 0 Å². The summed E-state index contributed by atoms with van der Waals surface area (Å²) >= 11 is 0. The molecule has 0 saturated carbocycles. The van der Waals surface area contributed by atoms with Crippen LogP contribution in [0.3, 0.4) is 0 Å². The molecule has 0 radical (unpaired) electrons. The van der Waals surface area contributed by atoms with Crippen LogP contribution in [-0.2, 0) is 16.5 Å². The van der Waals surface area contributed by atoms with Gasteiger partial charge in [-0.1, -0.05) is 50.1 Å². The Balaban J connectivity index is 0.00000200.